The van der Waals surface area contributed by atoms with Gasteiger partial charge >= 0.3 is 0 Å². The minimum absolute atomic E-state index is 0.360. The number of aromatic nitrogens is 2. The summed E-state index contributed by atoms with van der Waals surface area (Å²) in [7, 11) is -1.14. The third kappa shape index (κ3) is 2.75. The molecular formula is C13H22N4O2S. The first kappa shape index (κ1) is 14.0. The smallest absolute Gasteiger partial charge is 0.211 e. The van der Waals surface area contributed by atoms with Gasteiger partial charge in [-0.15, -0.1) is 0 Å². The van der Waals surface area contributed by atoms with Crippen molar-refractivity contribution in [3.8, 4) is 0 Å². The van der Waals surface area contributed by atoms with Gasteiger partial charge in [-0.2, -0.15) is 5.10 Å². The van der Waals surface area contributed by atoms with Crippen LogP contribution in [0.4, 0.5) is 0 Å². The van der Waals surface area contributed by atoms with Crippen LogP contribution < -0.4 is 0 Å². The second kappa shape index (κ2) is 5.13. The molecule has 112 valence electrons. The number of sulfonamides is 1. The van der Waals surface area contributed by atoms with Crippen molar-refractivity contribution < 1.29 is 8.42 Å². The molecule has 1 aromatic heterocycles. The molecule has 0 bridgehead atoms. The first-order chi connectivity index (χ1) is 9.43. The lowest BCUT2D eigenvalue weighted by Crippen LogP contribution is -2.44. The van der Waals surface area contributed by atoms with Gasteiger partial charge in [-0.25, -0.2) is 12.7 Å². The monoisotopic (exact) mass is 298 g/mol. The van der Waals surface area contributed by atoms with Gasteiger partial charge in [0.2, 0.25) is 10.0 Å². The van der Waals surface area contributed by atoms with Gasteiger partial charge in [0.15, 0.2) is 0 Å². The van der Waals surface area contributed by atoms with Gasteiger partial charge in [0.1, 0.15) is 0 Å². The first-order valence-electron chi connectivity index (χ1n) is 7.10. The lowest BCUT2D eigenvalue weighted by molar-refractivity contribution is 0.117. The van der Waals surface area contributed by atoms with Crippen LogP contribution in [0.15, 0.2) is 12.4 Å². The normalized spacial score (nSPS) is 28.7. The molecule has 2 saturated heterocycles. The maximum absolute atomic E-state index is 11.7. The molecular weight excluding hydrogens is 276 g/mol. The van der Waals surface area contributed by atoms with Crippen LogP contribution in [0.3, 0.4) is 0 Å². The number of aryl methyl sites for hydroxylation is 1. The average Bonchev–Trinajstić information content (AvgIpc) is 2.95. The van der Waals surface area contributed by atoms with Crippen molar-refractivity contribution in [2.24, 2.45) is 13.0 Å². The summed E-state index contributed by atoms with van der Waals surface area (Å²) in [5, 5.41) is 4.21. The summed E-state index contributed by atoms with van der Waals surface area (Å²) >= 11 is 0. The van der Waals surface area contributed by atoms with E-state index in [4.69, 9.17) is 0 Å². The number of nitrogens with zero attached hydrogens (tertiary/aromatic N) is 4. The van der Waals surface area contributed by atoms with Crippen molar-refractivity contribution in [2.75, 3.05) is 25.9 Å². The van der Waals surface area contributed by atoms with Gasteiger partial charge in [0.25, 0.3) is 0 Å². The zero-order chi connectivity index (χ0) is 14.3. The fourth-order valence-corrected chi connectivity index (χ4v) is 4.38. The molecule has 2 atom stereocenters. The van der Waals surface area contributed by atoms with Gasteiger partial charge in [-0.3, -0.25) is 9.58 Å². The van der Waals surface area contributed by atoms with Crippen LogP contribution in [0, 0.1) is 5.92 Å². The molecule has 2 aliphatic rings. The van der Waals surface area contributed by atoms with Crippen LogP contribution >= 0.6 is 0 Å². The molecule has 0 saturated carbocycles. The van der Waals surface area contributed by atoms with E-state index in [2.05, 4.69) is 10.00 Å². The highest BCUT2D eigenvalue weighted by Crippen LogP contribution is 2.32. The molecule has 1 aromatic rings. The Morgan fingerprint density at radius 3 is 2.85 bits per heavy atom. The molecule has 0 N–H and O–H groups in total. The second-order valence-corrected chi connectivity index (χ2v) is 8.02. The second-order valence-electron chi connectivity index (χ2n) is 6.04. The highest BCUT2D eigenvalue weighted by molar-refractivity contribution is 7.88. The molecule has 0 amide bonds. The molecule has 0 radical (unpaired) electrons. The quantitative estimate of drug-likeness (QED) is 0.804. The fourth-order valence-electron chi connectivity index (χ4n) is 3.49. The topological polar surface area (TPSA) is 58.4 Å². The molecule has 6 nitrogen and oxygen atoms in total. The van der Waals surface area contributed by atoms with Crippen molar-refractivity contribution in [2.45, 2.75) is 25.4 Å². The number of hydrogen-bond acceptors (Lipinski definition) is 4. The average molecular weight is 298 g/mol. The Balaban J connectivity index is 1.73. The van der Waals surface area contributed by atoms with Crippen LogP contribution in [0.5, 0.6) is 0 Å². The molecule has 0 aromatic carbocycles. The lowest BCUT2D eigenvalue weighted by Gasteiger charge is -2.36. The summed E-state index contributed by atoms with van der Waals surface area (Å²) in [5.41, 5.74) is 1.20. The van der Waals surface area contributed by atoms with E-state index in [1.807, 2.05) is 24.1 Å². The molecule has 7 heteroatoms. The Labute approximate surface area is 120 Å². The maximum atomic E-state index is 11.7. The molecule has 3 heterocycles. The zero-order valence-corrected chi connectivity index (χ0v) is 12.9. The molecule has 3 rings (SSSR count). The third-order valence-electron chi connectivity index (χ3n) is 4.48. The first-order valence-corrected chi connectivity index (χ1v) is 8.95. The Morgan fingerprint density at radius 2 is 2.20 bits per heavy atom. The largest absolute Gasteiger partial charge is 0.294 e. The number of fused-ring (bicyclic) bond motifs is 1. The number of piperidine rings is 1. The molecule has 2 fully saturated rings. The summed E-state index contributed by atoms with van der Waals surface area (Å²) in [6, 6.07) is 0.360. The molecule has 20 heavy (non-hydrogen) atoms. The van der Waals surface area contributed by atoms with Crippen molar-refractivity contribution in [1.29, 1.82) is 0 Å². The molecule has 2 aliphatic heterocycles. The van der Waals surface area contributed by atoms with E-state index in [1.54, 1.807) is 4.31 Å². The van der Waals surface area contributed by atoms with Gasteiger partial charge in [-0.05, 0) is 25.3 Å². The Morgan fingerprint density at radius 1 is 1.40 bits per heavy atom. The SMILES string of the molecule is Cn1cc(CN2CCC[C@@H]3CN(S(C)(=O)=O)C[C@@H]32)cn1. The highest BCUT2D eigenvalue weighted by atomic mass is 32.2. The Bertz CT molecular complexity index is 583. The molecule has 0 unspecified atom stereocenters. The predicted molar refractivity (Wildman–Crippen MR) is 76.5 cm³/mol. The fraction of sp³-hybridized carbons (Fsp3) is 0.769. The van der Waals surface area contributed by atoms with Crippen molar-refractivity contribution in [1.82, 2.24) is 19.0 Å². The van der Waals surface area contributed by atoms with E-state index < -0.39 is 10.0 Å². The summed E-state index contributed by atoms with van der Waals surface area (Å²) < 4.78 is 26.9. The zero-order valence-electron chi connectivity index (χ0n) is 12.1. The van der Waals surface area contributed by atoms with Gasteiger partial charge in [0.05, 0.1) is 12.5 Å². The minimum atomic E-state index is -3.06. The standard InChI is InChI=1S/C13H22N4O2S/c1-15-7-11(6-14-15)8-16-5-3-4-12-9-17(10-13(12)16)20(2,18)19/h6-7,12-13H,3-5,8-10H2,1-2H3/t12-,13+/m1/s1. The Hall–Kier alpha value is -0.920. The van der Waals surface area contributed by atoms with E-state index in [9.17, 15) is 8.42 Å². The lowest BCUT2D eigenvalue weighted by atomic mass is 9.92. The summed E-state index contributed by atoms with van der Waals surface area (Å²) in [6.45, 7) is 3.25. The molecule has 0 aliphatic carbocycles. The summed E-state index contributed by atoms with van der Waals surface area (Å²) in [5.74, 6) is 0.482. The third-order valence-corrected chi connectivity index (χ3v) is 5.71. The van der Waals surface area contributed by atoms with E-state index in [0.717, 1.165) is 25.9 Å². The number of rotatable bonds is 3. The predicted octanol–water partition coefficient (Wildman–Crippen LogP) is 0.276. The number of hydrogen-bond donors (Lipinski definition) is 0. The number of likely N-dealkylation sites (tertiary alicyclic amines) is 1. The summed E-state index contributed by atoms with van der Waals surface area (Å²) in [6.07, 6.45) is 7.54. The van der Waals surface area contributed by atoms with Crippen LogP contribution in [0.2, 0.25) is 0 Å². The van der Waals surface area contributed by atoms with Crippen molar-refractivity contribution in [3.63, 3.8) is 0 Å². The highest BCUT2D eigenvalue weighted by Gasteiger charge is 2.41. The van der Waals surface area contributed by atoms with E-state index >= 15 is 0 Å². The minimum Gasteiger partial charge on any atom is -0.294 e. The van der Waals surface area contributed by atoms with E-state index in [1.165, 1.54) is 11.8 Å². The van der Waals surface area contributed by atoms with Crippen molar-refractivity contribution in [3.05, 3.63) is 18.0 Å². The van der Waals surface area contributed by atoms with Crippen LogP contribution in [-0.4, -0.2) is 59.3 Å². The maximum Gasteiger partial charge on any atom is 0.211 e. The van der Waals surface area contributed by atoms with Gasteiger partial charge in [-0.1, -0.05) is 0 Å². The van der Waals surface area contributed by atoms with E-state index in [-0.39, 0.29) is 0 Å². The van der Waals surface area contributed by atoms with Gasteiger partial charge in [0, 0.05) is 44.5 Å². The summed E-state index contributed by atoms with van der Waals surface area (Å²) in [4.78, 5) is 2.43. The van der Waals surface area contributed by atoms with E-state index in [0.29, 0.717) is 25.0 Å². The van der Waals surface area contributed by atoms with Gasteiger partial charge < -0.3 is 0 Å². The van der Waals surface area contributed by atoms with Crippen LogP contribution in [0.1, 0.15) is 18.4 Å². The van der Waals surface area contributed by atoms with Crippen molar-refractivity contribution >= 4 is 10.0 Å². The Kier molecular flexibility index (Phi) is 3.60. The van der Waals surface area contributed by atoms with Crippen LogP contribution in [-0.2, 0) is 23.6 Å². The molecule has 0 spiro atoms. The van der Waals surface area contributed by atoms with Crippen LogP contribution in [0.25, 0.3) is 0 Å².